The smallest absolute Gasteiger partial charge is 0.164 e. The van der Waals surface area contributed by atoms with Crippen LogP contribution in [-0.2, 0) is 6.54 Å². The van der Waals surface area contributed by atoms with Crippen LogP contribution in [0.25, 0.3) is 0 Å². The van der Waals surface area contributed by atoms with Gasteiger partial charge in [-0.2, -0.15) is 4.91 Å². The van der Waals surface area contributed by atoms with Crippen molar-refractivity contribution in [2.24, 2.45) is 5.18 Å². The fourth-order valence-electron chi connectivity index (χ4n) is 0.740. The van der Waals surface area contributed by atoms with E-state index >= 15 is 0 Å². The van der Waals surface area contributed by atoms with E-state index in [-0.39, 0.29) is 12.1 Å². The third-order valence-corrected chi connectivity index (χ3v) is 1.27. The Morgan fingerprint density at radius 1 is 1.36 bits per heavy atom. The summed E-state index contributed by atoms with van der Waals surface area (Å²) >= 11 is 0. The molecule has 0 aliphatic rings. The fourth-order valence-corrected chi connectivity index (χ4v) is 0.740. The molecule has 58 valence electrons. The molecule has 0 spiro atoms. The molecule has 11 heavy (non-hydrogen) atoms. The molecule has 0 saturated heterocycles. The Hall–Kier alpha value is -1.32. The molecule has 0 saturated carbocycles. The molecule has 0 aromatic heterocycles. The minimum absolute atomic E-state index is 0.0139. The Kier molecular flexibility index (Phi) is 2.25. The highest BCUT2D eigenvalue weighted by Gasteiger charge is 2.06. The predicted octanol–water partition coefficient (Wildman–Crippen LogP) is 2.23. The van der Waals surface area contributed by atoms with Gasteiger partial charge in [-0.25, -0.2) is 8.78 Å². The summed E-state index contributed by atoms with van der Waals surface area (Å²) in [5.74, 6) is -1.95. The first-order valence-corrected chi connectivity index (χ1v) is 2.97. The van der Waals surface area contributed by atoms with Gasteiger partial charge in [-0.3, -0.25) is 0 Å². The lowest BCUT2D eigenvalue weighted by atomic mass is 10.2. The zero-order chi connectivity index (χ0) is 8.27. The summed E-state index contributed by atoms with van der Waals surface area (Å²) in [4.78, 5) is 9.70. The third-order valence-electron chi connectivity index (χ3n) is 1.27. The van der Waals surface area contributed by atoms with Gasteiger partial charge in [0.25, 0.3) is 0 Å². The van der Waals surface area contributed by atoms with Crippen LogP contribution >= 0.6 is 0 Å². The normalized spacial score (nSPS) is 9.64. The molecule has 0 radical (unpaired) electrons. The summed E-state index contributed by atoms with van der Waals surface area (Å²) in [5, 5.41) is 2.45. The van der Waals surface area contributed by atoms with Gasteiger partial charge in [-0.15, -0.1) is 0 Å². The second-order valence-corrected chi connectivity index (χ2v) is 2.00. The summed E-state index contributed by atoms with van der Waals surface area (Å²) in [6.45, 7) is -0.330. The van der Waals surface area contributed by atoms with Crippen molar-refractivity contribution in [3.8, 4) is 0 Å². The molecule has 0 fully saturated rings. The van der Waals surface area contributed by atoms with Gasteiger partial charge in [0.05, 0.1) is 0 Å². The van der Waals surface area contributed by atoms with Crippen molar-refractivity contribution >= 4 is 0 Å². The predicted molar refractivity (Wildman–Crippen MR) is 35.9 cm³/mol. The van der Waals surface area contributed by atoms with Gasteiger partial charge < -0.3 is 0 Å². The van der Waals surface area contributed by atoms with E-state index in [9.17, 15) is 13.7 Å². The summed E-state index contributed by atoms with van der Waals surface area (Å²) < 4.78 is 25.0. The van der Waals surface area contributed by atoms with Crippen LogP contribution < -0.4 is 0 Å². The molecule has 0 bridgehead atoms. The molecule has 0 unspecified atom stereocenters. The van der Waals surface area contributed by atoms with Crippen LogP contribution in [0.1, 0.15) is 5.56 Å². The Bertz CT molecular complexity index is 275. The number of halogens is 2. The van der Waals surface area contributed by atoms with E-state index in [1.807, 2.05) is 0 Å². The van der Waals surface area contributed by atoms with Crippen molar-refractivity contribution in [1.29, 1.82) is 0 Å². The van der Waals surface area contributed by atoms with Gasteiger partial charge >= 0.3 is 0 Å². The van der Waals surface area contributed by atoms with Gasteiger partial charge in [0.1, 0.15) is 6.54 Å². The van der Waals surface area contributed by atoms with Crippen LogP contribution in [0.2, 0.25) is 0 Å². The summed E-state index contributed by atoms with van der Waals surface area (Å²) in [6.07, 6.45) is 0. The van der Waals surface area contributed by atoms with Crippen LogP contribution in [0, 0.1) is 16.5 Å². The van der Waals surface area contributed by atoms with Crippen molar-refractivity contribution in [2.75, 3.05) is 0 Å². The van der Waals surface area contributed by atoms with Crippen LogP contribution in [0.3, 0.4) is 0 Å². The van der Waals surface area contributed by atoms with Crippen LogP contribution in [0.5, 0.6) is 0 Å². The van der Waals surface area contributed by atoms with E-state index in [4.69, 9.17) is 0 Å². The standard InChI is InChI=1S/C7H5F2NO/c8-6-3-1-2-5(4-10-11)7(6)9/h1-3H,4H2. The van der Waals surface area contributed by atoms with Gasteiger partial charge in [0, 0.05) is 5.56 Å². The van der Waals surface area contributed by atoms with Gasteiger partial charge in [0.15, 0.2) is 11.6 Å². The second kappa shape index (κ2) is 3.18. The van der Waals surface area contributed by atoms with E-state index < -0.39 is 11.6 Å². The number of nitrogens with zero attached hydrogens (tertiary/aromatic N) is 1. The molecule has 0 aliphatic heterocycles. The highest BCUT2D eigenvalue weighted by Crippen LogP contribution is 2.11. The quantitative estimate of drug-likeness (QED) is 0.605. The molecule has 0 heterocycles. The highest BCUT2D eigenvalue weighted by atomic mass is 19.2. The lowest BCUT2D eigenvalue weighted by Gasteiger charge is -1.96. The molecule has 1 aromatic carbocycles. The first-order valence-electron chi connectivity index (χ1n) is 2.97. The fraction of sp³-hybridized carbons (Fsp3) is 0.143. The second-order valence-electron chi connectivity index (χ2n) is 2.00. The molecule has 0 amide bonds. The van der Waals surface area contributed by atoms with Crippen molar-refractivity contribution in [2.45, 2.75) is 6.54 Å². The number of rotatable bonds is 2. The topological polar surface area (TPSA) is 29.4 Å². The largest absolute Gasteiger partial charge is 0.204 e. The molecular formula is C7H5F2NO. The Morgan fingerprint density at radius 3 is 2.73 bits per heavy atom. The van der Waals surface area contributed by atoms with E-state index in [1.165, 1.54) is 12.1 Å². The first-order chi connectivity index (χ1) is 5.25. The van der Waals surface area contributed by atoms with E-state index in [0.717, 1.165) is 6.07 Å². The average molecular weight is 157 g/mol. The molecule has 1 rings (SSSR count). The van der Waals surface area contributed by atoms with Crippen molar-refractivity contribution in [3.63, 3.8) is 0 Å². The van der Waals surface area contributed by atoms with E-state index in [2.05, 4.69) is 5.18 Å². The minimum Gasteiger partial charge on any atom is -0.204 e. The maximum absolute atomic E-state index is 12.6. The minimum atomic E-state index is -0.993. The zero-order valence-electron chi connectivity index (χ0n) is 5.55. The maximum atomic E-state index is 12.6. The molecule has 0 atom stereocenters. The van der Waals surface area contributed by atoms with Crippen molar-refractivity contribution in [1.82, 2.24) is 0 Å². The van der Waals surface area contributed by atoms with Gasteiger partial charge in [0.2, 0.25) is 0 Å². The summed E-state index contributed by atoms with van der Waals surface area (Å²) in [7, 11) is 0. The molecule has 0 N–H and O–H groups in total. The average Bonchev–Trinajstić information content (AvgIpc) is 1.99. The molecule has 1 aromatic rings. The summed E-state index contributed by atoms with van der Waals surface area (Å²) in [5.41, 5.74) is -0.0139. The number of nitroso groups, excluding NO2 is 1. The maximum Gasteiger partial charge on any atom is 0.164 e. The first kappa shape index (κ1) is 7.78. The van der Waals surface area contributed by atoms with Crippen LogP contribution in [0.15, 0.2) is 23.4 Å². The molecule has 4 heteroatoms. The van der Waals surface area contributed by atoms with Gasteiger partial charge in [-0.1, -0.05) is 17.3 Å². The third kappa shape index (κ3) is 1.58. The SMILES string of the molecule is O=NCc1cccc(F)c1F. The lowest BCUT2D eigenvalue weighted by Crippen LogP contribution is -1.91. The molecular weight excluding hydrogens is 152 g/mol. The zero-order valence-corrected chi connectivity index (χ0v) is 5.55. The number of benzene rings is 1. The summed E-state index contributed by atoms with van der Waals surface area (Å²) in [6, 6.07) is 3.64. The van der Waals surface area contributed by atoms with Gasteiger partial charge in [-0.05, 0) is 6.07 Å². The van der Waals surface area contributed by atoms with E-state index in [0.29, 0.717) is 0 Å². The Labute approximate surface area is 61.8 Å². The van der Waals surface area contributed by atoms with E-state index in [1.54, 1.807) is 0 Å². The number of hydrogen-bond acceptors (Lipinski definition) is 2. The van der Waals surface area contributed by atoms with Crippen LogP contribution in [0.4, 0.5) is 8.78 Å². The van der Waals surface area contributed by atoms with Crippen LogP contribution in [-0.4, -0.2) is 0 Å². The highest BCUT2D eigenvalue weighted by molar-refractivity contribution is 5.18. The Morgan fingerprint density at radius 2 is 2.09 bits per heavy atom. The molecule has 2 nitrogen and oxygen atoms in total. The lowest BCUT2D eigenvalue weighted by molar-refractivity contribution is 0.499. The van der Waals surface area contributed by atoms with Crippen molar-refractivity contribution in [3.05, 3.63) is 40.3 Å². The monoisotopic (exact) mass is 157 g/mol. The van der Waals surface area contributed by atoms with Crippen molar-refractivity contribution < 1.29 is 8.78 Å². The Balaban J connectivity index is 3.05. The number of hydrogen-bond donors (Lipinski definition) is 0. The molecule has 0 aliphatic carbocycles.